The fourth-order valence-corrected chi connectivity index (χ4v) is 2.32. The maximum atomic E-state index is 12.1. The Kier molecular flexibility index (Phi) is 4.34. The van der Waals surface area contributed by atoms with Gasteiger partial charge in [0.15, 0.2) is 0 Å². The Balaban J connectivity index is 1.70. The number of piperidine rings is 1. The second-order valence-corrected chi connectivity index (χ2v) is 5.03. The fraction of sp³-hybridized carbons (Fsp3) is 0.750. The minimum Gasteiger partial charge on any atom is -0.380 e. The molecule has 108 valence electrons. The van der Waals surface area contributed by atoms with E-state index in [-0.39, 0.29) is 6.54 Å². The van der Waals surface area contributed by atoms with Gasteiger partial charge in [0.1, 0.15) is 0 Å². The van der Waals surface area contributed by atoms with E-state index in [1.54, 1.807) is 10.9 Å². The molecular formula is C12H19F3N4. The number of nitrogens with one attached hydrogen (secondary N) is 1. The summed E-state index contributed by atoms with van der Waals surface area (Å²) in [5.74, 6) is 0. The van der Waals surface area contributed by atoms with E-state index in [0.29, 0.717) is 19.1 Å². The Morgan fingerprint density at radius 2 is 2.05 bits per heavy atom. The lowest BCUT2D eigenvalue weighted by Crippen LogP contribution is -2.40. The highest BCUT2D eigenvalue weighted by Gasteiger charge is 2.29. The van der Waals surface area contributed by atoms with Crippen molar-refractivity contribution in [1.29, 1.82) is 0 Å². The first-order valence-electron chi connectivity index (χ1n) is 6.47. The Labute approximate surface area is 110 Å². The molecule has 0 aromatic carbocycles. The molecule has 1 fully saturated rings. The second kappa shape index (κ2) is 5.81. The third-order valence-corrected chi connectivity index (χ3v) is 3.37. The van der Waals surface area contributed by atoms with Crippen molar-refractivity contribution < 1.29 is 13.2 Å². The van der Waals surface area contributed by atoms with Crippen molar-refractivity contribution >= 4 is 5.69 Å². The lowest BCUT2D eigenvalue weighted by atomic mass is 10.0. The van der Waals surface area contributed by atoms with E-state index in [2.05, 4.69) is 10.4 Å². The van der Waals surface area contributed by atoms with Crippen LogP contribution in [0, 0.1) is 0 Å². The molecule has 0 radical (unpaired) electrons. The molecule has 1 aliphatic rings. The summed E-state index contributed by atoms with van der Waals surface area (Å²) < 4.78 is 38.1. The number of aryl methyl sites for hydroxylation is 1. The van der Waals surface area contributed by atoms with Crippen LogP contribution < -0.4 is 5.32 Å². The third-order valence-electron chi connectivity index (χ3n) is 3.37. The summed E-state index contributed by atoms with van der Waals surface area (Å²) in [6.07, 6.45) is 0.629. The van der Waals surface area contributed by atoms with E-state index < -0.39 is 12.6 Å². The van der Waals surface area contributed by atoms with Crippen molar-refractivity contribution in [3.8, 4) is 0 Å². The van der Waals surface area contributed by atoms with E-state index in [0.717, 1.165) is 18.5 Å². The van der Waals surface area contributed by atoms with E-state index in [9.17, 15) is 13.2 Å². The first-order valence-corrected chi connectivity index (χ1v) is 6.47. The summed E-state index contributed by atoms with van der Waals surface area (Å²) in [7, 11) is 1.85. The number of likely N-dealkylation sites (tertiary alicyclic amines) is 1. The SMILES string of the molecule is Cn1cc(NC2CCN(CCC(F)(F)F)CC2)cn1. The number of hydrogen-bond acceptors (Lipinski definition) is 3. The highest BCUT2D eigenvalue weighted by atomic mass is 19.4. The van der Waals surface area contributed by atoms with Gasteiger partial charge in [0.2, 0.25) is 0 Å². The van der Waals surface area contributed by atoms with Crippen molar-refractivity contribution in [3.63, 3.8) is 0 Å². The number of rotatable bonds is 4. The molecule has 19 heavy (non-hydrogen) atoms. The molecule has 0 saturated carbocycles. The zero-order valence-corrected chi connectivity index (χ0v) is 11.0. The van der Waals surface area contributed by atoms with Crippen LogP contribution in [0.2, 0.25) is 0 Å². The van der Waals surface area contributed by atoms with E-state index in [1.165, 1.54) is 0 Å². The molecule has 2 heterocycles. The molecule has 1 N–H and O–H groups in total. The Morgan fingerprint density at radius 1 is 1.37 bits per heavy atom. The molecule has 0 aliphatic carbocycles. The lowest BCUT2D eigenvalue weighted by Gasteiger charge is -2.32. The Hall–Kier alpha value is -1.24. The van der Waals surface area contributed by atoms with Crippen LogP contribution in [-0.2, 0) is 7.05 Å². The van der Waals surface area contributed by atoms with Gasteiger partial charge in [-0.2, -0.15) is 18.3 Å². The molecule has 0 amide bonds. The molecule has 1 aromatic rings. The summed E-state index contributed by atoms with van der Waals surface area (Å²) in [5, 5.41) is 7.43. The molecule has 1 saturated heterocycles. The first kappa shape index (κ1) is 14.2. The topological polar surface area (TPSA) is 33.1 Å². The quantitative estimate of drug-likeness (QED) is 0.915. The average molecular weight is 276 g/mol. The van der Waals surface area contributed by atoms with E-state index in [1.807, 2.05) is 18.1 Å². The van der Waals surface area contributed by atoms with Crippen LogP contribution in [0.3, 0.4) is 0 Å². The Bertz CT molecular complexity index is 394. The van der Waals surface area contributed by atoms with Crippen molar-refractivity contribution in [1.82, 2.24) is 14.7 Å². The van der Waals surface area contributed by atoms with Crippen molar-refractivity contribution in [3.05, 3.63) is 12.4 Å². The minimum absolute atomic E-state index is 0.114. The monoisotopic (exact) mass is 276 g/mol. The summed E-state index contributed by atoms with van der Waals surface area (Å²) in [5.41, 5.74) is 0.969. The molecule has 0 atom stereocenters. The molecule has 1 aliphatic heterocycles. The maximum absolute atomic E-state index is 12.1. The van der Waals surface area contributed by atoms with Gasteiger partial charge in [0, 0.05) is 38.9 Å². The number of anilines is 1. The van der Waals surface area contributed by atoms with Gasteiger partial charge in [0.05, 0.1) is 18.3 Å². The van der Waals surface area contributed by atoms with Crippen LogP contribution in [0.5, 0.6) is 0 Å². The average Bonchev–Trinajstić information content (AvgIpc) is 2.73. The second-order valence-electron chi connectivity index (χ2n) is 5.03. The first-order chi connectivity index (χ1) is 8.92. The molecule has 2 rings (SSSR count). The highest BCUT2D eigenvalue weighted by Crippen LogP contribution is 2.22. The predicted molar refractivity (Wildman–Crippen MR) is 67.0 cm³/mol. The molecule has 7 heteroatoms. The van der Waals surface area contributed by atoms with Crippen LogP contribution in [0.4, 0.5) is 18.9 Å². The fourth-order valence-electron chi connectivity index (χ4n) is 2.32. The zero-order chi connectivity index (χ0) is 13.9. The van der Waals surface area contributed by atoms with Gasteiger partial charge in [-0.15, -0.1) is 0 Å². The largest absolute Gasteiger partial charge is 0.390 e. The number of halogens is 3. The van der Waals surface area contributed by atoms with Gasteiger partial charge in [-0.25, -0.2) is 0 Å². The third kappa shape index (κ3) is 4.74. The Morgan fingerprint density at radius 3 is 2.58 bits per heavy atom. The summed E-state index contributed by atoms with van der Waals surface area (Å²) in [6, 6.07) is 0.325. The summed E-state index contributed by atoms with van der Waals surface area (Å²) in [6.45, 7) is 1.55. The van der Waals surface area contributed by atoms with Gasteiger partial charge < -0.3 is 10.2 Å². The standard InChI is InChI=1S/C12H19F3N4/c1-18-9-11(8-16-18)17-10-2-5-19(6-3-10)7-4-12(13,14)15/h8-10,17H,2-7H2,1H3. The molecule has 0 unspecified atom stereocenters. The molecule has 0 bridgehead atoms. The van der Waals surface area contributed by atoms with Crippen molar-refractivity contribution in [2.45, 2.75) is 31.5 Å². The summed E-state index contributed by atoms with van der Waals surface area (Å²) >= 11 is 0. The van der Waals surface area contributed by atoms with Crippen molar-refractivity contribution in [2.75, 3.05) is 25.0 Å². The van der Waals surface area contributed by atoms with Gasteiger partial charge in [-0.3, -0.25) is 4.68 Å². The van der Waals surface area contributed by atoms with E-state index in [4.69, 9.17) is 0 Å². The van der Waals surface area contributed by atoms with Gasteiger partial charge in [-0.1, -0.05) is 0 Å². The number of hydrogen-bond donors (Lipinski definition) is 1. The number of nitrogens with zero attached hydrogens (tertiary/aromatic N) is 3. The maximum Gasteiger partial charge on any atom is 0.390 e. The van der Waals surface area contributed by atoms with Crippen LogP contribution in [-0.4, -0.2) is 46.5 Å². The van der Waals surface area contributed by atoms with Gasteiger partial charge in [-0.05, 0) is 12.8 Å². The smallest absolute Gasteiger partial charge is 0.380 e. The molecule has 0 spiro atoms. The number of alkyl halides is 3. The van der Waals surface area contributed by atoms with Crippen LogP contribution in [0.1, 0.15) is 19.3 Å². The van der Waals surface area contributed by atoms with Crippen LogP contribution >= 0.6 is 0 Å². The number of aromatic nitrogens is 2. The molecular weight excluding hydrogens is 257 g/mol. The van der Waals surface area contributed by atoms with Gasteiger partial charge in [0.25, 0.3) is 0 Å². The van der Waals surface area contributed by atoms with Crippen LogP contribution in [0.15, 0.2) is 12.4 Å². The lowest BCUT2D eigenvalue weighted by molar-refractivity contribution is -0.138. The molecule has 1 aromatic heterocycles. The highest BCUT2D eigenvalue weighted by molar-refractivity contribution is 5.39. The normalized spacial score (nSPS) is 18.7. The van der Waals surface area contributed by atoms with Gasteiger partial charge >= 0.3 is 6.18 Å². The zero-order valence-electron chi connectivity index (χ0n) is 11.0. The minimum atomic E-state index is -4.05. The van der Waals surface area contributed by atoms with Crippen LogP contribution in [0.25, 0.3) is 0 Å². The van der Waals surface area contributed by atoms with Crippen molar-refractivity contribution in [2.24, 2.45) is 7.05 Å². The summed E-state index contributed by atoms with van der Waals surface area (Å²) in [4.78, 5) is 1.88. The molecule has 4 nitrogen and oxygen atoms in total. The predicted octanol–water partition coefficient (Wildman–Crippen LogP) is 2.25. The van der Waals surface area contributed by atoms with E-state index >= 15 is 0 Å².